The third-order valence-corrected chi connectivity index (χ3v) is 4.98. The Morgan fingerprint density at radius 2 is 2.04 bits per heavy atom. The van der Waals surface area contributed by atoms with Gasteiger partial charge in [-0.15, -0.1) is 11.3 Å². The summed E-state index contributed by atoms with van der Waals surface area (Å²) >= 11 is 1.60. The van der Waals surface area contributed by atoms with Crippen LogP contribution < -0.4 is 5.32 Å². The molecule has 0 spiro atoms. The molecule has 0 aliphatic carbocycles. The molecule has 1 heterocycles. The molecule has 0 saturated carbocycles. The van der Waals surface area contributed by atoms with Crippen molar-refractivity contribution in [1.82, 2.24) is 15.2 Å². The Hall–Kier alpha value is -2.38. The number of carbonyl (C=O) groups is 1. The van der Waals surface area contributed by atoms with Gasteiger partial charge >= 0.3 is 0 Å². The number of nitrogens with zero attached hydrogens (tertiary/aromatic N) is 2. The molecule has 0 aliphatic rings. The van der Waals surface area contributed by atoms with Gasteiger partial charge in [0.25, 0.3) is 0 Å². The van der Waals surface area contributed by atoms with Crippen LogP contribution in [0.25, 0.3) is 10.2 Å². The van der Waals surface area contributed by atoms with Crippen LogP contribution in [-0.2, 0) is 11.3 Å². The van der Waals surface area contributed by atoms with E-state index in [4.69, 9.17) is 0 Å². The zero-order chi connectivity index (χ0) is 18.7. The van der Waals surface area contributed by atoms with Crippen molar-refractivity contribution >= 4 is 27.5 Å². The summed E-state index contributed by atoms with van der Waals surface area (Å²) < 4.78 is 27.9. The summed E-state index contributed by atoms with van der Waals surface area (Å²) in [6.45, 7) is 2.37. The molecular weight excluding hydrogens is 356 g/mol. The number of fused-ring (bicyclic) bond motifs is 1. The number of benzene rings is 2. The molecule has 0 radical (unpaired) electrons. The van der Waals surface area contributed by atoms with E-state index >= 15 is 0 Å². The average Bonchev–Trinajstić information content (AvgIpc) is 2.96. The molecule has 1 aromatic heterocycles. The standard InChI is InChI=1S/C19H19F2N3OS/c1-12(14-8-7-13(20)9-15(14)21)22-18(25)10-24(2)11-19-23-16-5-3-4-6-17(16)26-19/h3-9,12H,10-11H2,1-2H3,(H,22,25)/t12-/m1/s1. The lowest BCUT2D eigenvalue weighted by atomic mass is 10.1. The van der Waals surface area contributed by atoms with E-state index in [2.05, 4.69) is 10.3 Å². The van der Waals surface area contributed by atoms with Crippen LogP contribution in [0.15, 0.2) is 42.5 Å². The number of halogens is 2. The minimum atomic E-state index is -0.666. The quantitative estimate of drug-likeness (QED) is 0.711. The Morgan fingerprint density at radius 1 is 1.27 bits per heavy atom. The van der Waals surface area contributed by atoms with Crippen molar-refractivity contribution in [2.24, 2.45) is 0 Å². The van der Waals surface area contributed by atoms with Crippen LogP contribution in [-0.4, -0.2) is 29.4 Å². The molecule has 7 heteroatoms. The lowest BCUT2D eigenvalue weighted by molar-refractivity contribution is -0.122. The van der Waals surface area contributed by atoms with Crippen LogP contribution in [0.4, 0.5) is 8.78 Å². The molecule has 136 valence electrons. The van der Waals surface area contributed by atoms with Gasteiger partial charge in [-0.25, -0.2) is 13.8 Å². The maximum atomic E-state index is 13.8. The minimum Gasteiger partial charge on any atom is -0.348 e. The molecule has 26 heavy (non-hydrogen) atoms. The average molecular weight is 375 g/mol. The van der Waals surface area contributed by atoms with Crippen LogP contribution in [0.2, 0.25) is 0 Å². The molecule has 0 aliphatic heterocycles. The number of likely N-dealkylation sites (N-methyl/N-ethyl adjacent to an activating group) is 1. The van der Waals surface area contributed by atoms with Gasteiger partial charge in [-0.05, 0) is 32.2 Å². The third-order valence-electron chi connectivity index (χ3n) is 3.96. The fourth-order valence-electron chi connectivity index (χ4n) is 2.74. The molecule has 0 saturated heterocycles. The van der Waals surface area contributed by atoms with E-state index in [0.717, 1.165) is 21.3 Å². The molecule has 1 N–H and O–H groups in total. The molecule has 0 unspecified atom stereocenters. The van der Waals surface area contributed by atoms with Crippen LogP contribution in [0.5, 0.6) is 0 Å². The van der Waals surface area contributed by atoms with Gasteiger partial charge in [0, 0.05) is 11.6 Å². The Morgan fingerprint density at radius 3 is 2.77 bits per heavy atom. The monoisotopic (exact) mass is 375 g/mol. The van der Waals surface area contributed by atoms with Gasteiger partial charge in [-0.3, -0.25) is 9.69 Å². The fraction of sp³-hybridized carbons (Fsp3) is 0.263. The number of aromatic nitrogens is 1. The minimum absolute atomic E-state index is 0.156. The predicted octanol–water partition coefficient (Wildman–Crippen LogP) is 3.88. The van der Waals surface area contributed by atoms with Gasteiger partial charge in [0.15, 0.2) is 0 Å². The smallest absolute Gasteiger partial charge is 0.234 e. The van der Waals surface area contributed by atoms with Crippen molar-refractivity contribution in [2.45, 2.75) is 19.5 Å². The first-order valence-corrected chi connectivity index (χ1v) is 9.01. The topological polar surface area (TPSA) is 45.2 Å². The van der Waals surface area contributed by atoms with Crippen molar-refractivity contribution in [3.8, 4) is 0 Å². The van der Waals surface area contributed by atoms with Gasteiger partial charge < -0.3 is 5.32 Å². The second kappa shape index (κ2) is 7.88. The van der Waals surface area contributed by atoms with E-state index in [0.29, 0.717) is 6.54 Å². The fourth-order valence-corrected chi connectivity index (χ4v) is 3.78. The van der Waals surface area contributed by atoms with E-state index in [1.165, 1.54) is 12.1 Å². The second-order valence-corrected chi connectivity index (χ2v) is 7.32. The summed E-state index contributed by atoms with van der Waals surface area (Å²) in [5, 5.41) is 3.67. The Labute approximate surface area is 154 Å². The van der Waals surface area contributed by atoms with E-state index in [-0.39, 0.29) is 18.0 Å². The van der Waals surface area contributed by atoms with Crippen molar-refractivity contribution in [3.63, 3.8) is 0 Å². The highest BCUT2D eigenvalue weighted by molar-refractivity contribution is 7.18. The molecule has 0 bridgehead atoms. The van der Waals surface area contributed by atoms with Crippen LogP contribution in [0.1, 0.15) is 23.5 Å². The molecule has 4 nitrogen and oxygen atoms in total. The van der Waals surface area contributed by atoms with Crippen molar-refractivity contribution in [1.29, 1.82) is 0 Å². The number of thiazole rings is 1. The summed E-state index contributed by atoms with van der Waals surface area (Å²) in [7, 11) is 1.83. The number of amides is 1. The summed E-state index contributed by atoms with van der Waals surface area (Å²) in [6, 6.07) is 10.7. The van der Waals surface area contributed by atoms with Crippen molar-refractivity contribution in [3.05, 3.63) is 64.7 Å². The number of para-hydroxylation sites is 1. The zero-order valence-electron chi connectivity index (χ0n) is 14.5. The maximum absolute atomic E-state index is 13.8. The number of nitrogens with one attached hydrogen (secondary N) is 1. The largest absolute Gasteiger partial charge is 0.348 e. The normalized spacial score (nSPS) is 12.5. The Kier molecular flexibility index (Phi) is 5.58. The highest BCUT2D eigenvalue weighted by atomic mass is 32.1. The van der Waals surface area contributed by atoms with Gasteiger partial charge in [-0.1, -0.05) is 18.2 Å². The molecule has 1 amide bonds. The highest BCUT2D eigenvalue weighted by Crippen LogP contribution is 2.22. The van der Waals surface area contributed by atoms with Gasteiger partial charge in [0.05, 0.1) is 29.3 Å². The van der Waals surface area contributed by atoms with E-state index < -0.39 is 17.7 Å². The SMILES string of the molecule is C[C@@H](NC(=O)CN(C)Cc1nc2ccccc2s1)c1ccc(F)cc1F. The lowest BCUT2D eigenvalue weighted by Gasteiger charge is -2.19. The third kappa shape index (κ3) is 4.42. The molecular formula is C19H19F2N3OS. The van der Waals surface area contributed by atoms with E-state index in [1.807, 2.05) is 36.2 Å². The van der Waals surface area contributed by atoms with Gasteiger partial charge in [0.2, 0.25) is 5.91 Å². The van der Waals surface area contributed by atoms with Crippen molar-refractivity contribution < 1.29 is 13.6 Å². The Balaban J connectivity index is 1.56. The molecule has 1 atom stereocenters. The van der Waals surface area contributed by atoms with E-state index in [1.54, 1.807) is 18.3 Å². The zero-order valence-corrected chi connectivity index (χ0v) is 15.3. The molecule has 2 aromatic carbocycles. The van der Waals surface area contributed by atoms with Gasteiger partial charge in [0.1, 0.15) is 16.6 Å². The number of hydrogen-bond donors (Lipinski definition) is 1. The summed E-state index contributed by atoms with van der Waals surface area (Å²) in [6.07, 6.45) is 0. The molecule has 3 rings (SSSR count). The summed E-state index contributed by atoms with van der Waals surface area (Å²) in [5.74, 6) is -1.54. The van der Waals surface area contributed by atoms with Crippen LogP contribution in [0.3, 0.4) is 0 Å². The van der Waals surface area contributed by atoms with Crippen molar-refractivity contribution in [2.75, 3.05) is 13.6 Å². The Bertz CT molecular complexity index is 895. The molecule has 0 fully saturated rings. The number of carbonyl (C=O) groups excluding carboxylic acids is 1. The first-order valence-electron chi connectivity index (χ1n) is 8.19. The number of rotatable bonds is 6. The van der Waals surface area contributed by atoms with Crippen LogP contribution >= 0.6 is 11.3 Å². The highest BCUT2D eigenvalue weighted by Gasteiger charge is 2.16. The molecule has 3 aromatic rings. The first kappa shape index (κ1) is 18.4. The van der Waals surface area contributed by atoms with E-state index in [9.17, 15) is 13.6 Å². The number of hydrogen-bond acceptors (Lipinski definition) is 4. The maximum Gasteiger partial charge on any atom is 0.234 e. The summed E-state index contributed by atoms with van der Waals surface area (Å²) in [5.41, 5.74) is 1.21. The lowest BCUT2D eigenvalue weighted by Crippen LogP contribution is -2.36. The van der Waals surface area contributed by atoms with Crippen LogP contribution in [0, 0.1) is 11.6 Å². The summed E-state index contributed by atoms with van der Waals surface area (Å²) in [4.78, 5) is 18.6. The predicted molar refractivity (Wildman–Crippen MR) is 98.9 cm³/mol. The second-order valence-electron chi connectivity index (χ2n) is 6.20. The first-order chi connectivity index (χ1) is 12.4. The van der Waals surface area contributed by atoms with Gasteiger partial charge in [-0.2, -0.15) is 0 Å².